The first kappa shape index (κ1) is 22.4. The number of thioether (sulfide) groups is 1. The molecule has 0 unspecified atom stereocenters. The van der Waals surface area contributed by atoms with Gasteiger partial charge in [0.25, 0.3) is 11.1 Å². The van der Waals surface area contributed by atoms with Crippen LogP contribution in [0, 0.1) is 0 Å². The van der Waals surface area contributed by atoms with Gasteiger partial charge < -0.3 is 14.8 Å². The van der Waals surface area contributed by atoms with Gasteiger partial charge in [0, 0.05) is 5.56 Å². The van der Waals surface area contributed by atoms with E-state index < -0.39 is 17.1 Å². The average Bonchev–Trinajstić information content (AvgIpc) is 3.02. The van der Waals surface area contributed by atoms with Gasteiger partial charge in [0.15, 0.2) is 0 Å². The van der Waals surface area contributed by atoms with Crippen LogP contribution in [0.3, 0.4) is 0 Å². The molecule has 2 aromatic carbocycles. The second-order valence-corrected chi connectivity index (χ2v) is 7.88. The third-order valence-electron chi connectivity index (χ3n) is 4.67. The number of methoxy groups -OCH3 is 1. The number of benzene rings is 2. The molecular weight excluding hydrogens is 416 g/mol. The molecule has 0 spiro atoms. The Hall–Kier alpha value is -3.26. The molecule has 0 aliphatic carbocycles. The molecule has 3 amide bonds. The molecule has 0 bridgehead atoms. The number of nitrogens with zero attached hydrogens (tertiary/aromatic N) is 1. The second-order valence-electron chi connectivity index (χ2n) is 6.89. The SMILES string of the molecule is CC[C@H](C)Oc1ccccc1/C=C1/SC(=O)N(CC(=O)Nc2ccccc2OC)C1=O. The maximum atomic E-state index is 12.8. The molecule has 1 aliphatic heterocycles. The van der Waals surface area contributed by atoms with Crippen LogP contribution in [0.4, 0.5) is 10.5 Å². The summed E-state index contributed by atoms with van der Waals surface area (Å²) in [4.78, 5) is 38.8. The van der Waals surface area contributed by atoms with E-state index in [0.29, 0.717) is 22.7 Å². The molecule has 1 saturated heterocycles. The van der Waals surface area contributed by atoms with Crippen molar-refractivity contribution in [1.82, 2.24) is 4.90 Å². The van der Waals surface area contributed by atoms with E-state index in [1.54, 1.807) is 30.3 Å². The van der Waals surface area contributed by atoms with Gasteiger partial charge in [0.05, 0.1) is 23.8 Å². The average molecular weight is 441 g/mol. The maximum Gasteiger partial charge on any atom is 0.294 e. The van der Waals surface area contributed by atoms with Crippen molar-refractivity contribution in [3.05, 3.63) is 59.0 Å². The minimum atomic E-state index is -0.511. The summed E-state index contributed by atoms with van der Waals surface area (Å²) in [6.45, 7) is 3.60. The van der Waals surface area contributed by atoms with E-state index in [9.17, 15) is 14.4 Å². The van der Waals surface area contributed by atoms with Gasteiger partial charge in [-0.3, -0.25) is 19.3 Å². The number of carbonyl (C=O) groups is 3. The van der Waals surface area contributed by atoms with Gasteiger partial charge in [-0.25, -0.2) is 0 Å². The van der Waals surface area contributed by atoms with E-state index in [-0.39, 0.29) is 17.6 Å². The number of ether oxygens (including phenoxy) is 2. The van der Waals surface area contributed by atoms with Gasteiger partial charge >= 0.3 is 0 Å². The van der Waals surface area contributed by atoms with E-state index in [1.807, 2.05) is 38.1 Å². The molecule has 7 nitrogen and oxygen atoms in total. The molecule has 1 atom stereocenters. The lowest BCUT2D eigenvalue weighted by Crippen LogP contribution is -2.36. The monoisotopic (exact) mass is 440 g/mol. The Morgan fingerprint density at radius 3 is 2.52 bits per heavy atom. The van der Waals surface area contributed by atoms with Gasteiger partial charge in [-0.05, 0) is 49.4 Å². The van der Waals surface area contributed by atoms with Crippen molar-refractivity contribution < 1.29 is 23.9 Å². The number of nitrogens with one attached hydrogen (secondary N) is 1. The summed E-state index contributed by atoms with van der Waals surface area (Å²) in [5.74, 6) is 0.123. The summed E-state index contributed by atoms with van der Waals surface area (Å²) in [5.41, 5.74) is 1.17. The highest BCUT2D eigenvalue weighted by Gasteiger charge is 2.36. The Balaban J connectivity index is 1.73. The molecule has 0 radical (unpaired) electrons. The predicted octanol–water partition coefficient (Wildman–Crippen LogP) is 4.55. The third-order valence-corrected chi connectivity index (χ3v) is 5.57. The summed E-state index contributed by atoms with van der Waals surface area (Å²) >= 11 is 0.804. The van der Waals surface area contributed by atoms with Crippen LogP contribution in [0.15, 0.2) is 53.4 Å². The van der Waals surface area contributed by atoms with Crippen LogP contribution in [-0.4, -0.2) is 41.7 Å². The van der Waals surface area contributed by atoms with E-state index >= 15 is 0 Å². The number of hydrogen-bond donors (Lipinski definition) is 1. The van der Waals surface area contributed by atoms with Gasteiger partial charge in [-0.1, -0.05) is 37.3 Å². The van der Waals surface area contributed by atoms with E-state index in [4.69, 9.17) is 9.47 Å². The zero-order chi connectivity index (χ0) is 22.4. The van der Waals surface area contributed by atoms with Crippen molar-refractivity contribution in [2.24, 2.45) is 0 Å². The first-order valence-electron chi connectivity index (χ1n) is 9.86. The molecule has 162 valence electrons. The molecule has 1 heterocycles. The number of carbonyl (C=O) groups excluding carboxylic acids is 3. The lowest BCUT2D eigenvalue weighted by molar-refractivity contribution is -0.127. The molecule has 3 rings (SSSR count). The first-order valence-corrected chi connectivity index (χ1v) is 10.7. The fraction of sp³-hybridized carbons (Fsp3) is 0.261. The minimum Gasteiger partial charge on any atom is -0.495 e. The lowest BCUT2D eigenvalue weighted by atomic mass is 10.1. The van der Waals surface area contributed by atoms with Crippen LogP contribution in [0.1, 0.15) is 25.8 Å². The Morgan fingerprint density at radius 1 is 1.13 bits per heavy atom. The van der Waals surface area contributed by atoms with Gasteiger partial charge in [0.2, 0.25) is 5.91 Å². The van der Waals surface area contributed by atoms with E-state index in [2.05, 4.69) is 5.32 Å². The lowest BCUT2D eigenvalue weighted by Gasteiger charge is -2.15. The van der Waals surface area contributed by atoms with Crippen molar-refractivity contribution in [1.29, 1.82) is 0 Å². The van der Waals surface area contributed by atoms with Gasteiger partial charge in [-0.15, -0.1) is 0 Å². The topological polar surface area (TPSA) is 84.9 Å². The molecule has 0 saturated carbocycles. The van der Waals surface area contributed by atoms with Crippen LogP contribution < -0.4 is 14.8 Å². The molecular formula is C23H24N2O5S. The van der Waals surface area contributed by atoms with Crippen molar-refractivity contribution in [3.8, 4) is 11.5 Å². The Bertz CT molecular complexity index is 1020. The Labute approximate surface area is 185 Å². The number of hydrogen-bond acceptors (Lipinski definition) is 6. The quantitative estimate of drug-likeness (QED) is 0.607. The highest BCUT2D eigenvalue weighted by atomic mass is 32.2. The van der Waals surface area contributed by atoms with E-state index in [0.717, 1.165) is 23.1 Å². The maximum absolute atomic E-state index is 12.8. The number of anilines is 1. The summed E-state index contributed by atoms with van der Waals surface area (Å²) in [7, 11) is 1.50. The molecule has 8 heteroatoms. The Morgan fingerprint density at radius 2 is 1.81 bits per heavy atom. The summed E-state index contributed by atoms with van der Waals surface area (Å²) in [6.07, 6.45) is 2.48. The highest BCUT2D eigenvalue weighted by molar-refractivity contribution is 8.18. The van der Waals surface area contributed by atoms with Crippen LogP contribution in [0.5, 0.6) is 11.5 Å². The predicted molar refractivity (Wildman–Crippen MR) is 121 cm³/mol. The summed E-state index contributed by atoms with van der Waals surface area (Å²) < 4.78 is 11.1. The zero-order valence-electron chi connectivity index (χ0n) is 17.6. The molecule has 31 heavy (non-hydrogen) atoms. The van der Waals surface area contributed by atoms with Crippen molar-refractivity contribution in [2.45, 2.75) is 26.4 Å². The second kappa shape index (κ2) is 10.2. The highest BCUT2D eigenvalue weighted by Crippen LogP contribution is 2.34. The molecule has 1 N–H and O–H groups in total. The number of rotatable bonds is 8. The fourth-order valence-corrected chi connectivity index (χ4v) is 3.70. The van der Waals surface area contributed by atoms with Crippen molar-refractivity contribution in [3.63, 3.8) is 0 Å². The smallest absolute Gasteiger partial charge is 0.294 e. The fourth-order valence-electron chi connectivity index (χ4n) is 2.87. The first-order chi connectivity index (χ1) is 14.9. The van der Waals surface area contributed by atoms with Crippen LogP contribution in [0.25, 0.3) is 6.08 Å². The van der Waals surface area contributed by atoms with Crippen LogP contribution in [0.2, 0.25) is 0 Å². The number of para-hydroxylation sites is 3. The van der Waals surface area contributed by atoms with Crippen molar-refractivity contribution in [2.75, 3.05) is 19.0 Å². The number of amides is 3. The number of imide groups is 1. The normalized spacial score (nSPS) is 15.8. The molecule has 1 aliphatic rings. The largest absolute Gasteiger partial charge is 0.495 e. The molecule has 0 aromatic heterocycles. The summed E-state index contributed by atoms with van der Waals surface area (Å²) in [5, 5.41) is 2.18. The third kappa shape index (κ3) is 5.46. The molecule has 1 fully saturated rings. The van der Waals surface area contributed by atoms with E-state index in [1.165, 1.54) is 7.11 Å². The van der Waals surface area contributed by atoms with Crippen LogP contribution in [-0.2, 0) is 9.59 Å². The standard InChI is InChI=1S/C23H24N2O5S/c1-4-15(2)30-18-11-7-5-9-16(18)13-20-22(27)25(23(28)31-20)14-21(26)24-17-10-6-8-12-19(17)29-3/h5-13,15H,4,14H2,1-3H3,(H,24,26)/b20-13+/t15-/m0/s1. The van der Waals surface area contributed by atoms with Crippen molar-refractivity contribution >= 4 is 40.6 Å². The van der Waals surface area contributed by atoms with Crippen LogP contribution >= 0.6 is 11.8 Å². The molecule has 2 aromatic rings. The summed E-state index contributed by atoms with van der Waals surface area (Å²) in [6, 6.07) is 14.2. The zero-order valence-corrected chi connectivity index (χ0v) is 18.4. The van der Waals surface area contributed by atoms with Gasteiger partial charge in [0.1, 0.15) is 18.0 Å². The minimum absolute atomic E-state index is 0.0169. The Kier molecular flexibility index (Phi) is 7.36. The van der Waals surface area contributed by atoms with Gasteiger partial charge in [-0.2, -0.15) is 0 Å².